The van der Waals surface area contributed by atoms with E-state index < -0.39 is 0 Å². The lowest BCUT2D eigenvalue weighted by Gasteiger charge is -2.06. The maximum Gasteiger partial charge on any atom is 0.287 e. The molecule has 0 saturated heterocycles. The van der Waals surface area contributed by atoms with Crippen LogP contribution >= 0.6 is 23.5 Å². The van der Waals surface area contributed by atoms with Crippen molar-refractivity contribution >= 4 is 44.8 Å². The van der Waals surface area contributed by atoms with Gasteiger partial charge in [-0.25, -0.2) is 4.39 Å². The summed E-state index contributed by atoms with van der Waals surface area (Å²) in [6.45, 7) is 1.16. The standard InChI is InChI=1S/C20H17FN2O2S2/c21-14-7-5-13(6-8-14)11-23-19(24)18-16(12-27-20-22-9-10-26-20)15-3-1-2-4-17(15)25-18/h1-8H,9-12H2,(H,23,24). The van der Waals surface area contributed by atoms with E-state index in [-0.39, 0.29) is 11.7 Å². The lowest BCUT2D eigenvalue weighted by molar-refractivity contribution is 0.0924. The number of rotatable bonds is 5. The van der Waals surface area contributed by atoms with Gasteiger partial charge in [0.1, 0.15) is 15.8 Å². The molecule has 0 spiro atoms. The number of para-hydroxylation sites is 1. The van der Waals surface area contributed by atoms with E-state index in [4.69, 9.17) is 4.42 Å². The Hall–Kier alpha value is -2.25. The van der Waals surface area contributed by atoms with E-state index in [0.29, 0.717) is 23.6 Å². The average Bonchev–Trinajstić information content (AvgIpc) is 3.33. The number of furan rings is 1. The fraction of sp³-hybridized carbons (Fsp3) is 0.200. The van der Waals surface area contributed by atoms with E-state index in [1.807, 2.05) is 24.3 Å². The minimum Gasteiger partial charge on any atom is -0.451 e. The number of hydrogen-bond acceptors (Lipinski definition) is 5. The zero-order chi connectivity index (χ0) is 18.6. The van der Waals surface area contributed by atoms with Crippen LogP contribution in [0.5, 0.6) is 0 Å². The molecule has 0 fully saturated rings. The van der Waals surface area contributed by atoms with E-state index in [9.17, 15) is 9.18 Å². The predicted molar refractivity (Wildman–Crippen MR) is 110 cm³/mol. The van der Waals surface area contributed by atoms with Crippen molar-refractivity contribution in [1.82, 2.24) is 5.32 Å². The normalized spacial score (nSPS) is 13.7. The molecule has 1 aliphatic rings. The Labute approximate surface area is 164 Å². The molecule has 4 rings (SSSR count). The second kappa shape index (κ2) is 8.19. The fourth-order valence-corrected chi connectivity index (χ4v) is 4.86. The third-order valence-electron chi connectivity index (χ3n) is 4.17. The first-order valence-corrected chi connectivity index (χ1v) is 10.5. The molecule has 27 heavy (non-hydrogen) atoms. The molecule has 0 radical (unpaired) electrons. The van der Waals surface area contributed by atoms with Gasteiger partial charge in [0.15, 0.2) is 5.76 Å². The summed E-state index contributed by atoms with van der Waals surface area (Å²) in [4.78, 5) is 17.2. The van der Waals surface area contributed by atoms with Crippen molar-refractivity contribution in [2.45, 2.75) is 12.3 Å². The second-order valence-electron chi connectivity index (χ2n) is 6.00. The molecular formula is C20H17FN2O2S2. The molecular weight excluding hydrogens is 383 g/mol. The first-order valence-electron chi connectivity index (χ1n) is 8.54. The zero-order valence-corrected chi connectivity index (χ0v) is 16.0. The van der Waals surface area contributed by atoms with Crippen LogP contribution in [-0.2, 0) is 12.3 Å². The topological polar surface area (TPSA) is 54.6 Å². The number of hydrogen-bond donors (Lipinski definition) is 1. The van der Waals surface area contributed by atoms with Crippen molar-refractivity contribution in [3.05, 3.63) is 71.2 Å². The number of carbonyl (C=O) groups is 1. The molecule has 2 aromatic carbocycles. The summed E-state index contributed by atoms with van der Waals surface area (Å²) in [7, 11) is 0. The Bertz CT molecular complexity index is 999. The van der Waals surface area contributed by atoms with E-state index in [1.165, 1.54) is 12.1 Å². The van der Waals surface area contributed by atoms with Crippen molar-refractivity contribution in [3.63, 3.8) is 0 Å². The largest absolute Gasteiger partial charge is 0.451 e. The summed E-state index contributed by atoms with van der Waals surface area (Å²) < 4.78 is 19.9. The van der Waals surface area contributed by atoms with Gasteiger partial charge in [0.2, 0.25) is 0 Å². The lowest BCUT2D eigenvalue weighted by Crippen LogP contribution is -2.23. The summed E-state index contributed by atoms with van der Waals surface area (Å²) in [5.74, 6) is 1.40. The van der Waals surface area contributed by atoms with Crippen molar-refractivity contribution in [2.75, 3.05) is 12.3 Å². The Kier molecular flexibility index (Phi) is 5.50. The van der Waals surface area contributed by atoms with Gasteiger partial charge in [-0.15, -0.1) is 0 Å². The SMILES string of the molecule is O=C(NCc1ccc(F)cc1)c1oc2ccccc2c1CSC1=NCCS1. The van der Waals surface area contributed by atoms with Gasteiger partial charge in [0, 0.05) is 29.0 Å². The van der Waals surface area contributed by atoms with E-state index in [2.05, 4.69) is 10.3 Å². The van der Waals surface area contributed by atoms with Crippen molar-refractivity contribution in [2.24, 2.45) is 4.99 Å². The van der Waals surface area contributed by atoms with Gasteiger partial charge < -0.3 is 9.73 Å². The first-order chi connectivity index (χ1) is 13.2. The average molecular weight is 401 g/mol. The van der Waals surface area contributed by atoms with Crippen molar-refractivity contribution in [1.29, 1.82) is 0 Å². The van der Waals surface area contributed by atoms with Crippen LogP contribution in [-0.4, -0.2) is 22.6 Å². The highest BCUT2D eigenvalue weighted by molar-refractivity contribution is 8.38. The van der Waals surface area contributed by atoms with Crippen LogP contribution in [0.25, 0.3) is 11.0 Å². The molecule has 1 aliphatic heterocycles. The van der Waals surface area contributed by atoms with Crippen molar-refractivity contribution < 1.29 is 13.6 Å². The number of benzene rings is 2. The van der Waals surface area contributed by atoms with Crippen LogP contribution in [0.2, 0.25) is 0 Å². The van der Waals surface area contributed by atoms with Crippen LogP contribution < -0.4 is 5.32 Å². The first kappa shape index (κ1) is 18.1. The zero-order valence-electron chi connectivity index (χ0n) is 14.4. The van der Waals surface area contributed by atoms with Crippen LogP contribution in [0, 0.1) is 5.82 Å². The highest BCUT2D eigenvalue weighted by Crippen LogP contribution is 2.32. The Morgan fingerprint density at radius 1 is 1.22 bits per heavy atom. The third-order valence-corrected chi connectivity index (χ3v) is 6.45. The molecule has 1 N–H and O–H groups in total. The van der Waals surface area contributed by atoms with Gasteiger partial charge in [0.05, 0.1) is 6.54 Å². The number of nitrogens with zero attached hydrogens (tertiary/aromatic N) is 1. The number of halogens is 1. The molecule has 0 atom stereocenters. The Morgan fingerprint density at radius 2 is 2.04 bits per heavy atom. The van der Waals surface area contributed by atoms with Gasteiger partial charge in [0.25, 0.3) is 5.91 Å². The lowest BCUT2D eigenvalue weighted by atomic mass is 10.1. The molecule has 7 heteroatoms. The maximum absolute atomic E-state index is 13.0. The molecule has 2 heterocycles. The fourth-order valence-electron chi connectivity index (χ4n) is 2.83. The third kappa shape index (κ3) is 4.20. The highest BCUT2D eigenvalue weighted by atomic mass is 32.2. The molecule has 0 bridgehead atoms. The van der Waals surface area contributed by atoms with Gasteiger partial charge in [-0.05, 0) is 23.8 Å². The molecule has 1 aromatic heterocycles. The molecule has 4 nitrogen and oxygen atoms in total. The summed E-state index contributed by atoms with van der Waals surface area (Å²) in [5.41, 5.74) is 2.40. The number of carbonyl (C=O) groups excluding carboxylic acids is 1. The van der Waals surface area contributed by atoms with E-state index in [0.717, 1.165) is 33.2 Å². The molecule has 0 saturated carbocycles. The summed E-state index contributed by atoms with van der Waals surface area (Å²) in [5, 5.41) is 3.81. The summed E-state index contributed by atoms with van der Waals surface area (Å²) in [6.07, 6.45) is 0. The number of aliphatic imine (C=N–C) groups is 1. The summed E-state index contributed by atoms with van der Waals surface area (Å²) >= 11 is 3.38. The van der Waals surface area contributed by atoms with Gasteiger partial charge in [-0.1, -0.05) is 53.9 Å². The highest BCUT2D eigenvalue weighted by Gasteiger charge is 2.21. The predicted octanol–water partition coefficient (Wildman–Crippen LogP) is 4.84. The Balaban J connectivity index is 1.54. The van der Waals surface area contributed by atoms with Crippen molar-refractivity contribution in [3.8, 4) is 0 Å². The minimum absolute atomic E-state index is 0.271. The number of thioether (sulfide) groups is 2. The number of nitrogens with one attached hydrogen (secondary N) is 1. The molecule has 0 unspecified atom stereocenters. The quantitative estimate of drug-likeness (QED) is 0.666. The van der Waals surface area contributed by atoms with Crippen LogP contribution in [0.15, 0.2) is 57.9 Å². The maximum atomic E-state index is 13.0. The van der Waals surface area contributed by atoms with Crippen LogP contribution in [0.4, 0.5) is 4.39 Å². The smallest absolute Gasteiger partial charge is 0.287 e. The Morgan fingerprint density at radius 3 is 2.81 bits per heavy atom. The monoisotopic (exact) mass is 400 g/mol. The molecule has 0 aliphatic carbocycles. The molecule has 1 amide bonds. The van der Waals surface area contributed by atoms with Crippen LogP contribution in [0.1, 0.15) is 21.7 Å². The second-order valence-corrected chi connectivity index (χ2v) is 8.31. The van der Waals surface area contributed by atoms with Crippen LogP contribution in [0.3, 0.4) is 0 Å². The number of fused-ring (bicyclic) bond motifs is 1. The minimum atomic E-state index is -0.297. The van der Waals surface area contributed by atoms with Gasteiger partial charge in [-0.3, -0.25) is 9.79 Å². The number of amides is 1. The molecule has 3 aromatic rings. The summed E-state index contributed by atoms with van der Waals surface area (Å²) in [6, 6.07) is 13.7. The molecule has 138 valence electrons. The van der Waals surface area contributed by atoms with E-state index in [1.54, 1.807) is 35.7 Å². The van der Waals surface area contributed by atoms with Gasteiger partial charge >= 0.3 is 0 Å². The van der Waals surface area contributed by atoms with E-state index >= 15 is 0 Å². The van der Waals surface area contributed by atoms with Gasteiger partial charge in [-0.2, -0.15) is 0 Å².